The zero-order valence-electron chi connectivity index (χ0n) is 23.5. The molecule has 0 spiro atoms. The Bertz CT molecular complexity index is 1540. The summed E-state index contributed by atoms with van der Waals surface area (Å²) in [6, 6.07) is 8.51. The fourth-order valence-corrected chi connectivity index (χ4v) is 7.22. The van der Waals surface area contributed by atoms with Crippen molar-refractivity contribution in [3.63, 3.8) is 0 Å². The monoisotopic (exact) mass is 600 g/mol. The SMILES string of the molecule is CN(C)[C@H]1C(=O)C(C(N)=O)C(=O)[C@]2(O)C(=O)C3C(=O)c4c(O)ccc(-c5ccc(CCCC(F)(F)F)cc5)c4C[C@@H]3C[C@H]12. The van der Waals surface area contributed by atoms with Gasteiger partial charge in [0, 0.05) is 12.3 Å². The van der Waals surface area contributed by atoms with Crippen LogP contribution < -0.4 is 5.73 Å². The standard InChI is InChI=1S/C31H31F3N2O7/c1-36(2)24-19-13-16-12-18-17(15-7-5-14(6-8-15)4-3-11-30(32,33)34)9-10-20(37)22(18)25(38)21(16)27(40)31(19,43)28(41)23(26(24)39)29(35)42/h5-10,16,19,21,23-24,37,43H,3-4,11-13H2,1-2H3,(H2,35,42)/t16-,19-,21?,23?,24-,31-/m1/s1. The van der Waals surface area contributed by atoms with Crippen molar-refractivity contribution < 1.29 is 47.4 Å². The van der Waals surface area contributed by atoms with Gasteiger partial charge in [0.2, 0.25) is 5.91 Å². The number of primary amides is 1. The van der Waals surface area contributed by atoms with Gasteiger partial charge < -0.3 is 15.9 Å². The molecule has 0 radical (unpaired) electrons. The Morgan fingerprint density at radius 1 is 1.05 bits per heavy atom. The molecule has 6 atom stereocenters. The summed E-state index contributed by atoms with van der Waals surface area (Å²) in [5, 5.41) is 22.4. The van der Waals surface area contributed by atoms with Gasteiger partial charge in [-0.05, 0) is 74.0 Å². The number of nitrogens with zero attached hydrogens (tertiary/aromatic N) is 1. The molecule has 2 aromatic carbocycles. The van der Waals surface area contributed by atoms with Crippen LogP contribution in [-0.4, -0.2) is 76.1 Å². The summed E-state index contributed by atoms with van der Waals surface area (Å²) in [6.45, 7) is 0. The van der Waals surface area contributed by atoms with E-state index in [0.29, 0.717) is 22.3 Å². The molecular weight excluding hydrogens is 569 g/mol. The molecule has 1 amide bonds. The van der Waals surface area contributed by atoms with Crippen LogP contribution in [-0.2, 0) is 32.0 Å². The number of likely N-dealkylation sites (N-methyl/N-ethyl adjacent to an activating group) is 1. The van der Waals surface area contributed by atoms with Gasteiger partial charge >= 0.3 is 6.18 Å². The Balaban J connectivity index is 1.52. The lowest BCUT2D eigenvalue weighted by molar-refractivity contribution is -0.181. The topological polar surface area (TPSA) is 155 Å². The lowest BCUT2D eigenvalue weighted by Crippen LogP contribution is -2.74. The third-order valence-corrected chi connectivity index (χ3v) is 9.14. The number of hydrogen-bond donors (Lipinski definition) is 3. The number of aromatic hydroxyl groups is 1. The second-order valence-corrected chi connectivity index (χ2v) is 11.9. The molecule has 0 aliphatic heterocycles. The highest BCUT2D eigenvalue weighted by molar-refractivity contribution is 6.32. The van der Waals surface area contributed by atoms with E-state index in [4.69, 9.17) is 5.73 Å². The summed E-state index contributed by atoms with van der Waals surface area (Å²) in [4.78, 5) is 67.9. The Morgan fingerprint density at radius 2 is 1.70 bits per heavy atom. The van der Waals surface area contributed by atoms with E-state index in [9.17, 15) is 47.4 Å². The maximum Gasteiger partial charge on any atom is 0.389 e. The molecule has 4 N–H and O–H groups in total. The van der Waals surface area contributed by atoms with Crippen molar-refractivity contribution in [2.45, 2.75) is 49.9 Å². The predicted octanol–water partition coefficient (Wildman–Crippen LogP) is 2.42. The zero-order chi connectivity index (χ0) is 31.6. The van der Waals surface area contributed by atoms with Crippen LogP contribution in [0, 0.1) is 23.7 Å². The van der Waals surface area contributed by atoms with Gasteiger partial charge in [0.25, 0.3) is 0 Å². The van der Waals surface area contributed by atoms with Gasteiger partial charge in [-0.25, -0.2) is 0 Å². The lowest BCUT2D eigenvalue weighted by atomic mass is 9.52. The number of phenolic OH excluding ortho intramolecular Hbond substituents is 1. The summed E-state index contributed by atoms with van der Waals surface area (Å²) in [5.74, 6) is -11.2. The summed E-state index contributed by atoms with van der Waals surface area (Å²) in [7, 11) is 3.02. The van der Waals surface area contributed by atoms with Crippen LogP contribution in [0.25, 0.3) is 11.1 Å². The summed E-state index contributed by atoms with van der Waals surface area (Å²) in [5.41, 5.74) is 4.76. The van der Waals surface area contributed by atoms with E-state index in [1.165, 1.54) is 25.1 Å². The molecule has 3 aliphatic rings. The van der Waals surface area contributed by atoms with Crippen molar-refractivity contribution in [2.24, 2.45) is 29.4 Å². The van der Waals surface area contributed by atoms with E-state index in [2.05, 4.69) is 0 Å². The second kappa shape index (κ2) is 10.7. The highest BCUT2D eigenvalue weighted by atomic mass is 19.4. The number of carbonyl (C=O) groups is 5. The third-order valence-electron chi connectivity index (χ3n) is 9.14. The number of rotatable bonds is 6. The van der Waals surface area contributed by atoms with Gasteiger partial charge in [0.15, 0.2) is 34.7 Å². The Labute approximate surface area is 244 Å². The Morgan fingerprint density at radius 3 is 2.28 bits per heavy atom. The number of halogens is 3. The first-order valence-corrected chi connectivity index (χ1v) is 13.9. The maximum atomic E-state index is 13.9. The van der Waals surface area contributed by atoms with Gasteiger partial charge in [0.05, 0.1) is 17.5 Å². The highest BCUT2D eigenvalue weighted by Gasteiger charge is 2.69. The van der Waals surface area contributed by atoms with Crippen molar-refractivity contribution in [3.05, 3.63) is 53.1 Å². The largest absolute Gasteiger partial charge is 0.507 e. The van der Waals surface area contributed by atoms with Gasteiger partial charge in [-0.2, -0.15) is 13.2 Å². The fourth-order valence-electron chi connectivity index (χ4n) is 7.22. The first kappa shape index (κ1) is 30.6. The summed E-state index contributed by atoms with van der Waals surface area (Å²) in [6.07, 6.45) is -4.94. The second-order valence-electron chi connectivity index (χ2n) is 11.9. The molecule has 2 fully saturated rings. The molecule has 0 heterocycles. The molecule has 228 valence electrons. The van der Waals surface area contributed by atoms with E-state index in [1.807, 2.05) is 0 Å². The molecule has 2 saturated carbocycles. The molecule has 12 heteroatoms. The van der Waals surface area contributed by atoms with E-state index >= 15 is 0 Å². The van der Waals surface area contributed by atoms with Crippen LogP contribution in [0.4, 0.5) is 13.2 Å². The normalized spacial score (nSPS) is 28.9. The number of ketones is 4. The van der Waals surface area contributed by atoms with Crippen LogP contribution >= 0.6 is 0 Å². The predicted molar refractivity (Wildman–Crippen MR) is 146 cm³/mol. The average Bonchev–Trinajstić information content (AvgIpc) is 2.90. The molecule has 2 aromatic rings. The van der Waals surface area contributed by atoms with E-state index in [-0.39, 0.29) is 37.0 Å². The molecule has 2 unspecified atom stereocenters. The smallest absolute Gasteiger partial charge is 0.389 e. The summed E-state index contributed by atoms with van der Waals surface area (Å²) >= 11 is 0. The minimum absolute atomic E-state index is 0.0598. The number of fused-ring (bicyclic) bond motifs is 3. The fraction of sp³-hybridized carbons (Fsp3) is 0.452. The molecule has 0 saturated heterocycles. The zero-order valence-corrected chi connectivity index (χ0v) is 23.5. The average molecular weight is 601 g/mol. The van der Waals surface area contributed by atoms with E-state index in [0.717, 1.165) is 0 Å². The van der Waals surface area contributed by atoms with Crippen LogP contribution in [0.1, 0.15) is 40.7 Å². The first-order chi connectivity index (χ1) is 20.1. The summed E-state index contributed by atoms with van der Waals surface area (Å²) < 4.78 is 37.6. The van der Waals surface area contributed by atoms with Gasteiger partial charge in [-0.3, -0.25) is 28.9 Å². The first-order valence-electron chi connectivity index (χ1n) is 13.9. The molecule has 9 nitrogen and oxygen atoms in total. The van der Waals surface area contributed by atoms with Gasteiger partial charge in [0.1, 0.15) is 5.75 Å². The van der Waals surface area contributed by atoms with Crippen molar-refractivity contribution in [1.82, 2.24) is 4.90 Å². The lowest BCUT2D eigenvalue weighted by Gasteiger charge is -2.52. The number of alkyl halides is 3. The van der Waals surface area contributed by atoms with E-state index in [1.54, 1.807) is 30.3 Å². The number of Topliss-reactive ketones (excluding diaryl/α,β-unsaturated/α-hetero) is 4. The number of amides is 1. The number of benzene rings is 2. The van der Waals surface area contributed by atoms with Crippen molar-refractivity contribution in [2.75, 3.05) is 14.1 Å². The van der Waals surface area contributed by atoms with Crippen molar-refractivity contribution >= 4 is 29.0 Å². The number of carbonyl (C=O) groups excluding carboxylic acids is 5. The molecular formula is C31H31F3N2O7. The Hall–Kier alpha value is -3.90. The van der Waals surface area contributed by atoms with Gasteiger partial charge in [-0.15, -0.1) is 0 Å². The third kappa shape index (κ3) is 4.96. The minimum atomic E-state index is -4.24. The molecule has 43 heavy (non-hydrogen) atoms. The minimum Gasteiger partial charge on any atom is -0.507 e. The van der Waals surface area contributed by atoms with E-state index < -0.39 is 77.0 Å². The van der Waals surface area contributed by atoms with Crippen LogP contribution in [0.15, 0.2) is 36.4 Å². The number of nitrogens with two attached hydrogens (primary N) is 1. The number of phenols is 1. The number of aliphatic hydroxyl groups is 1. The molecule has 5 rings (SSSR count). The van der Waals surface area contributed by atoms with Crippen LogP contribution in [0.5, 0.6) is 5.75 Å². The van der Waals surface area contributed by atoms with Gasteiger partial charge in [-0.1, -0.05) is 30.3 Å². The molecule has 3 aliphatic carbocycles. The van der Waals surface area contributed by atoms with Crippen molar-refractivity contribution in [3.8, 4) is 16.9 Å². The van der Waals surface area contributed by atoms with Crippen molar-refractivity contribution in [1.29, 1.82) is 0 Å². The number of hydrogen-bond acceptors (Lipinski definition) is 8. The quantitative estimate of drug-likeness (QED) is 0.427. The van der Waals surface area contributed by atoms with Crippen LogP contribution in [0.3, 0.4) is 0 Å². The maximum absolute atomic E-state index is 13.9. The Kier molecular flexibility index (Phi) is 7.58. The number of aryl methyl sites for hydroxylation is 1. The highest BCUT2D eigenvalue weighted by Crippen LogP contribution is 2.51. The molecule has 0 bridgehead atoms. The van der Waals surface area contributed by atoms with Crippen LogP contribution in [0.2, 0.25) is 0 Å². The molecule has 0 aromatic heterocycles.